The van der Waals surface area contributed by atoms with Gasteiger partial charge in [0.15, 0.2) is 5.96 Å². The van der Waals surface area contributed by atoms with Crippen molar-refractivity contribution in [2.24, 2.45) is 10.4 Å². The Balaban J connectivity index is 0. The average molecular weight is 513 g/mol. The zero-order valence-corrected chi connectivity index (χ0v) is 21.2. The van der Waals surface area contributed by atoms with Gasteiger partial charge in [-0.1, -0.05) is 13.8 Å². The van der Waals surface area contributed by atoms with Crippen molar-refractivity contribution < 1.29 is 14.3 Å². The maximum absolute atomic E-state index is 12.2. The lowest BCUT2D eigenvalue weighted by molar-refractivity contribution is -0.128. The molecule has 0 aliphatic rings. The van der Waals surface area contributed by atoms with Gasteiger partial charge < -0.3 is 26.0 Å². The first-order valence-corrected chi connectivity index (χ1v) is 9.52. The Hall–Kier alpha value is -1.26. The third-order valence-electron chi connectivity index (χ3n) is 4.48. The molecule has 0 spiro atoms. The second-order valence-corrected chi connectivity index (χ2v) is 8.36. The first-order chi connectivity index (χ1) is 12.3. The number of aliphatic imine (C=N–C) groups is 1. The highest BCUT2D eigenvalue weighted by atomic mass is 127. The molecule has 0 aromatic carbocycles. The number of nitrogens with one attached hydrogen (secondary N) is 4. The molecule has 4 N–H and O–H groups in total. The van der Waals surface area contributed by atoms with Crippen LogP contribution in [0, 0.1) is 5.41 Å². The van der Waals surface area contributed by atoms with Gasteiger partial charge in [-0.2, -0.15) is 0 Å². The van der Waals surface area contributed by atoms with Crippen LogP contribution in [0.2, 0.25) is 0 Å². The highest BCUT2D eigenvalue weighted by Gasteiger charge is 2.31. The van der Waals surface area contributed by atoms with Gasteiger partial charge in [-0.25, -0.2) is 4.79 Å². The van der Waals surface area contributed by atoms with Crippen LogP contribution in [0.4, 0.5) is 4.79 Å². The minimum Gasteiger partial charge on any atom is -0.444 e. The lowest BCUT2D eigenvalue weighted by atomic mass is 9.92. The number of hydrogen-bond acceptors (Lipinski definition) is 4. The number of rotatable bonds is 8. The van der Waals surface area contributed by atoms with Crippen LogP contribution in [0.1, 0.15) is 61.3 Å². The molecule has 0 saturated carbocycles. The molecular weight excluding hydrogens is 473 g/mol. The maximum atomic E-state index is 12.2. The van der Waals surface area contributed by atoms with Gasteiger partial charge in [0.25, 0.3) is 0 Å². The minimum absolute atomic E-state index is 0. The molecule has 0 saturated heterocycles. The fourth-order valence-electron chi connectivity index (χ4n) is 2.44. The van der Waals surface area contributed by atoms with E-state index in [-0.39, 0.29) is 29.9 Å². The summed E-state index contributed by atoms with van der Waals surface area (Å²) in [4.78, 5) is 28.3. The number of amides is 2. The molecule has 0 radical (unpaired) electrons. The summed E-state index contributed by atoms with van der Waals surface area (Å²) in [6, 6.07) is 0. The number of alkyl carbamates (subject to hydrolysis) is 1. The molecule has 0 unspecified atom stereocenters. The lowest BCUT2D eigenvalue weighted by Crippen LogP contribution is -2.57. The molecule has 0 heterocycles. The average Bonchev–Trinajstić information content (AvgIpc) is 2.58. The first-order valence-electron chi connectivity index (χ1n) is 9.52. The van der Waals surface area contributed by atoms with E-state index in [2.05, 4.69) is 26.3 Å². The van der Waals surface area contributed by atoms with E-state index in [1.807, 2.05) is 48.5 Å². The summed E-state index contributed by atoms with van der Waals surface area (Å²) in [5.41, 5.74) is -1.59. The largest absolute Gasteiger partial charge is 0.444 e. The second-order valence-electron chi connectivity index (χ2n) is 8.36. The highest BCUT2D eigenvalue weighted by molar-refractivity contribution is 14.0. The van der Waals surface area contributed by atoms with Crippen molar-refractivity contribution in [1.29, 1.82) is 0 Å². The number of hydrogen-bond donors (Lipinski definition) is 4. The Bertz CT molecular complexity index is 526. The van der Waals surface area contributed by atoms with Gasteiger partial charge in [-0.3, -0.25) is 9.79 Å². The zero-order chi connectivity index (χ0) is 21.3. The quantitative estimate of drug-likeness (QED) is 0.227. The van der Waals surface area contributed by atoms with Crippen molar-refractivity contribution in [2.45, 2.75) is 72.4 Å². The SMILES string of the molecule is CCC(CC)(CNC(=NC)NCC(C)(C)C(=O)NC)NC(=O)OC(C)(C)C.I. The molecule has 0 aromatic rings. The van der Waals surface area contributed by atoms with Crippen molar-refractivity contribution >= 4 is 41.9 Å². The summed E-state index contributed by atoms with van der Waals surface area (Å²) in [5.74, 6) is 0.526. The fraction of sp³-hybridized carbons (Fsp3) is 0.842. The van der Waals surface area contributed by atoms with E-state index in [9.17, 15) is 9.59 Å². The van der Waals surface area contributed by atoms with Gasteiger partial charge >= 0.3 is 6.09 Å². The predicted octanol–water partition coefficient (Wildman–Crippen LogP) is 2.63. The Morgan fingerprint density at radius 1 is 0.964 bits per heavy atom. The molecule has 28 heavy (non-hydrogen) atoms. The molecule has 0 rings (SSSR count). The van der Waals surface area contributed by atoms with E-state index < -0.39 is 22.6 Å². The Morgan fingerprint density at radius 2 is 1.46 bits per heavy atom. The maximum Gasteiger partial charge on any atom is 0.408 e. The third kappa shape index (κ3) is 10.3. The Morgan fingerprint density at radius 3 is 1.86 bits per heavy atom. The number of guanidine groups is 1. The normalized spacial score (nSPS) is 12.5. The minimum atomic E-state index is -0.576. The van der Waals surface area contributed by atoms with E-state index in [0.29, 0.717) is 19.0 Å². The van der Waals surface area contributed by atoms with Gasteiger partial charge in [-0.05, 0) is 47.5 Å². The molecule has 0 atom stereocenters. The summed E-state index contributed by atoms with van der Waals surface area (Å²) < 4.78 is 5.39. The Kier molecular flexibility index (Phi) is 12.8. The number of carbonyl (C=O) groups excluding carboxylic acids is 2. The standard InChI is InChI=1S/C19H39N5O3.HI/c1-10-19(11-2,24-16(26)27-17(3,4)5)13-23-15(21-9)22-12-18(6,7)14(25)20-8;/h10-13H2,1-9H3,(H,20,25)(H,24,26)(H2,21,22,23);1H. The van der Waals surface area contributed by atoms with Crippen LogP contribution >= 0.6 is 24.0 Å². The molecule has 0 bridgehead atoms. The molecular formula is C19H40IN5O3. The summed E-state index contributed by atoms with van der Waals surface area (Å²) in [7, 11) is 3.29. The van der Waals surface area contributed by atoms with Crippen LogP contribution < -0.4 is 21.3 Å². The van der Waals surface area contributed by atoms with E-state index in [4.69, 9.17) is 4.74 Å². The van der Waals surface area contributed by atoms with Gasteiger partial charge in [0.1, 0.15) is 5.60 Å². The summed E-state index contributed by atoms with van der Waals surface area (Å²) in [6.07, 6.45) is 1.03. The summed E-state index contributed by atoms with van der Waals surface area (Å²) >= 11 is 0. The van der Waals surface area contributed by atoms with Gasteiger partial charge in [0.2, 0.25) is 5.91 Å². The smallest absolute Gasteiger partial charge is 0.408 e. The van der Waals surface area contributed by atoms with Crippen LogP contribution in [0.25, 0.3) is 0 Å². The zero-order valence-electron chi connectivity index (χ0n) is 18.9. The number of carbonyl (C=O) groups is 2. The van der Waals surface area contributed by atoms with Crippen LogP contribution in [0.3, 0.4) is 0 Å². The second kappa shape index (κ2) is 12.3. The molecule has 8 nitrogen and oxygen atoms in total. The van der Waals surface area contributed by atoms with Crippen LogP contribution in [-0.4, -0.2) is 56.3 Å². The van der Waals surface area contributed by atoms with Crippen molar-refractivity contribution in [2.75, 3.05) is 27.2 Å². The van der Waals surface area contributed by atoms with Crippen LogP contribution in [0.15, 0.2) is 4.99 Å². The van der Waals surface area contributed by atoms with E-state index in [0.717, 1.165) is 12.8 Å². The van der Waals surface area contributed by atoms with Gasteiger partial charge in [-0.15, -0.1) is 24.0 Å². The van der Waals surface area contributed by atoms with Crippen molar-refractivity contribution in [3.8, 4) is 0 Å². The third-order valence-corrected chi connectivity index (χ3v) is 4.48. The van der Waals surface area contributed by atoms with Gasteiger partial charge in [0, 0.05) is 27.2 Å². The molecule has 166 valence electrons. The molecule has 0 aliphatic carbocycles. The number of ether oxygens (including phenoxy) is 1. The molecule has 0 fully saturated rings. The van der Waals surface area contributed by atoms with Crippen LogP contribution in [0.5, 0.6) is 0 Å². The predicted molar refractivity (Wildman–Crippen MR) is 125 cm³/mol. The topological polar surface area (TPSA) is 104 Å². The number of nitrogens with zero attached hydrogens (tertiary/aromatic N) is 1. The fourth-order valence-corrected chi connectivity index (χ4v) is 2.44. The van der Waals surface area contributed by atoms with Gasteiger partial charge in [0.05, 0.1) is 11.0 Å². The molecule has 9 heteroatoms. The van der Waals surface area contributed by atoms with Crippen molar-refractivity contribution in [1.82, 2.24) is 21.3 Å². The first kappa shape index (κ1) is 28.9. The van der Waals surface area contributed by atoms with E-state index in [1.54, 1.807) is 14.1 Å². The Labute approximate surface area is 187 Å². The van der Waals surface area contributed by atoms with Crippen molar-refractivity contribution in [3.05, 3.63) is 0 Å². The van der Waals surface area contributed by atoms with E-state index >= 15 is 0 Å². The number of halogens is 1. The molecule has 2 amide bonds. The summed E-state index contributed by atoms with van der Waals surface area (Å²) in [6.45, 7) is 14.2. The highest BCUT2D eigenvalue weighted by Crippen LogP contribution is 2.16. The monoisotopic (exact) mass is 513 g/mol. The summed E-state index contributed by atoms with van der Waals surface area (Å²) in [5, 5.41) is 12.1. The molecule has 0 aliphatic heterocycles. The molecule has 0 aromatic heterocycles. The lowest BCUT2D eigenvalue weighted by Gasteiger charge is -2.34. The van der Waals surface area contributed by atoms with E-state index in [1.165, 1.54) is 0 Å². The van der Waals surface area contributed by atoms with Crippen LogP contribution in [-0.2, 0) is 9.53 Å². The van der Waals surface area contributed by atoms with Crippen molar-refractivity contribution in [3.63, 3.8) is 0 Å².